The lowest BCUT2D eigenvalue weighted by Crippen LogP contribution is -2.39. The fourth-order valence-corrected chi connectivity index (χ4v) is 0.865. The first-order chi connectivity index (χ1) is 4.93. The van der Waals surface area contributed by atoms with E-state index in [1.807, 2.05) is 0 Å². The van der Waals surface area contributed by atoms with E-state index in [4.69, 9.17) is 10.3 Å². The molecule has 56 valence electrons. The number of ether oxygens (including phenoxy) is 1. The molecule has 5 nitrogen and oxygen atoms in total. The van der Waals surface area contributed by atoms with E-state index >= 15 is 0 Å². The molecular weight excluding hydrogens is 132 g/mol. The Kier molecular flexibility index (Phi) is 3.02. The molecule has 1 rings (SSSR count). The molecule has 1 aliphatic heterocycles. The Morgan fingerprint density at radius 1 is 1.80 bits per heavy atom. The van der Waals surface area contributed by atoms with E-state index in [0.717, 1.165) is 13.1 Å². The highest BCUT2D eigenvalue weighted by molar-refractivity contribution is 4.69. The number of hydrogen-bond donors (Lipinski definition) is 1. The van der Waals surface area contributed by atoms with E-state index in [1.165, 1.54) is 0 Å². The van der Waals surface area contributed by atoms with Crippen LogP contribution in [0.15, 0.2) is 5.11 Å². The average molecular weight is 142 g/mol. The molecule has 0 aromatic rings. The van der Waals surface area contributed by atoms with Gasteiger partial charge < -0.3 is 10.1 Å². The molecule has 10 heavy (non-hydrogen) atoms. The summed E-state index contributed by atoms with van der Waals surface area (Å²) in [6.07, 6.45) is 0.0737. The van der Waals surface area contributed by atoms with Crippen LogP contribution in [-0.4, -0.2) is 32.3 Å². The second-order valence-electron chi connectivity index (χ2n) is 2.11. The summed E-state index contributed by atoms with van der Waals surface area (Å²) in [5.41, 5.74) is 7.98. The van der Waals surface area contributed by atoms with Crippen LogP contribution < -0.4 is 5.32 Å². The smallest absolute Gasteiger partial charge is 0.0756 e. The average Bonchev–Trinajstić information content (AvgIpc) is 2.03. The van der Waals surface area contributed by atoms with Crippen LogP contribution >= 0.6 is 0 Å². The van der Waals surface area contributed by atoms with Gasteiger partial charge in [-0.3, -0.25) is 0 Å². The summed E-state index contributed by atoms with van der Waals surface area (Å²) in [6, 6.07) is 0. The molecule has 1 N–H and O–H groups in total. The number of morpholine rings is 1. The predicted octanol–water partition coefficient (Wildman–Crippen LogP) is 0.285. The number of nitrogens with one attached hydrogen (secondary N) is 1. The molecule has 0 amide bonds. The largest absolute Gasteiger partial charge is 0.375 e. The molecule has 1 fully saturated rings. The number of nitrogens with zero attached hydrogens (tertiary/aromatic N) is 3. The minimum Gasteiger partial charge on any atom is -0.375 e. The normalized spacial score (nSPS) is 25.4. The summed E-state index contributed by atoms with van der Waals surface area (Å²) in [5.74, 6) is 0. The van der Waals surface area contributed by atoms with Crippen molar-refractivity contribution in [2.24, 2.45) is 5.11 Å². The zero-order valence-corrected chi connectivity index (χ0v) is 5.66. The Balaban J connectivity index is 2.19. The van der Waals surface area contributed by atoms with E-state index in [1.54, 1.807) is 0 Å². The Bertz CT molecular complexity index is 137. The van der Waals surface area contributed by atoms with Crippen molar-refractivity contribution in [1.82, 2.24) is 5.32 Å². The quantitative estimate of drug-likeness (QED) is 0.342. The van der Waals surface area contributed by atoms with Gasteiger partial charge in [0.2, 0.25) is 0 Å². The SMILES string of the molecule is [N-]=[N+]=NC[C@H]1CNCCO1. The number of rotatable bonds is 2. The molecular formula is C5H10N4O. The third-order valence-corrected chi connectivity index (χ3v) is 1.35. The maximum atomic E-state index is 7.98. The highest BCUT2D eigenvalue weighted by Crippen LogP contribution is 1.95. The molecule has 0 bridgehead atoms. The van der Waals surface area contributed by atoms with Crippen molar-refractivity contribution in [2.75, 3.05) is 26.2 Å². The second kappa shape index (κ2) is 4.11. The summed E-state index contributed by atoms with van der Waals surface area (Å²) in [7, 11) is 0. The lowest BCUT2D eigenvalue weighted by molar-refractivity contribution is 0.0347. The Morgan fingerprint density at radius 2 is 2.70 bits per heavy atom. The Morgan fingerprint density at radius 3 is 3.30 bits per heavy atom. The van der Waals surface area contributed by atoms with E-state index in [2.05, 4.69) is 15.3 Å². The summed E-state index contributed by atoms with van der Waals surface area (Å²) in [6.45, 7) is 2.83. The van der Waals surface area contributed by atoms with Crippen LogP contribution in [0.5, 0.6) is 0 Å². The van der Waals surface area contributed by atoms with Gasteiger partial charge in [-0.05, 0) is 5.53 Å². The highest BCUT2D eigenvalue weighted by atomic mass is 16.5. The first kappa shape index (κ1) is 7.34. The number of azide groups is 1. The lowest BCUT2D eigenvalue weighted by Gasteiger charge is -2.21. The summed E-state index contributed by atoms with van der Waals surface area (Å²) in [5, 5.41) is 6.55. The molecule has 0 aliphatic carbocycles. The van der Waals surface area contributed by atoms with Crippen molar-refractivity contribution < 1.29 is 4.74 Å². The predicted molar refractivity (Wildman–Crippen MR) is 36.6 cm³/mol. The van der Waals surface area contributed by atoms with Gasteiger partial charge in [0, 0.05) is 18.0 Å². The molecule has 0 aromatic carbocycles. The van der Waals surface area contributed by atoms with Gasteiger partial charge >= 0.3 is 0 Å². The van der Waals surface area contributed by atoms with E-state index in [9.17, 15) is 0 Å². The molecule has 1 heterocycles. The van der Waals surface area contributed by atoms with Gasteiger partial charge in [0.15, 0.2) is 0 Å². The lowest BCUT2D eigenvalue weighted by atomic mass is 10.3. The van der Waals surface area contributed by atoms with Crippen molar-refractivity contribution >= 4 is 0 Å². The van der Waals surface area contributed by atoms with Crippen LogP contribution in [0, 0.1) is 0 Å². The van der Waals surface area contributed by atoms with Crippen LogP contribution in [0.3, 0.4) is 0 Å². The Hall–Kier alpha value is -0.770. The molecule has 0 radical (unpaired) electrons. The van der Waals surface area contributed by atoms with Crippen molar-refractivity contribution in [3.05, 3.63) is 10.4 Å². The van der Waals surface area contributed by atoms with Gasteiger partial charge in [-0.1, -0.05) is 5.11 Å². The highest BCUT2D eigenvalue weighted by Gasteiger charge is 2.10. The summed E-state index contributed by atoms with van der Waals surface area (Å²) in [4.78, 5) is 2.65. The minimum absolute atomic E-state index is 0.0737. The molecule has 0 aromatic heterocycles. The molecule has 1 atom stereocenters. The third-order valence-electron chi connectivity index (χ3n) is 1.35. The van der Waals surface area contributed by atoms with Gasteiger partial charge in [0.1, 0.15) is 0 Å². The summed E-state index contributed by atoms with van der Waals surface area (Å²) >= 11 is 0. The molecule has 0 saturated carbocycles. The van der Waals surface area contributed by atoms with Gasteiger partial charge in [-0.25, -0.2) is 0 Å². The minimum atomic E-state index is 0.0737. The Labute approximate surface area is 59.0 Å². The topological polar surface area (TPSA) is 70.0 Å². The van der Waals surface area contributed by atoms with Crippen LogP contribution in [0.4, 0.5) is 0 Å². The van der Waals surface area contributed by atoms with Crippen molar-refractivity contribution in [3.63, 3.8) is 0 Å². The van der Waals surface area contributed by atoms with Gasteiger partial charge in [-0.2, -0.15) is 0 Å². The molecule has 1 saturated heterocycles. The maximum absolute atomic E-state index is 7.98. The monoisotopic (exact) mass is 142 g/mol. The molecule has 0 spiro atoms. The van der Waals surface area contributed by atoms with Gasteiger partial charge in [0.25, 0.3) is 0 Å². The van der Waals surface area contributed by atoms with Crippen LogP contribution in [0.25, 0.3) is 10.4 Å². The van der Waals surface area contributed by atoms with Crippen molar-refractivity contribution in [2.45, 2.75) is 6.10 Å². The molecule has 0 unspecified atom stereocenters. The summed E-state index contributed by atoms with van der Waals surface area (Å²) < 4.78 is 5.25. The van der Waals surface area contributed by atoms with E-state index in [-0.39, 0.29) is 6.10 Å². The standard InChI is InChI=1S/C5H10N4O/c6-9-8-4-5-3-7-1-2-10-5/h5,7H,1-4H2/t5-/m1/s1. The van der Waals surface area contributed by atoms with Gasteiger partial charge in [0.05, 0.1) is 19.3 Å². The van der Waals surface area contributed by atoms with Crippen molar-refractivity contribution in [1.29, 1.82) is 0 Å². The molecule has 5 heteroatoms. The van der Waals surface area contributed by atoms with Gasteiger partial charge in [-0.15, -0.1) is 0 Å². The second-order valence-corrected chi connectivity index (χ2v) is 2.11. The van der Waals surface area contributed by atoms with Crippen LogP contribution in [0.2, 0.25) is 0 Å². The van der Waals surface area contributed by atoms with Crippen molar-refractivity contribution in [3.8, 4) is 0 Å². The molecule has 1 aliphatic rings. The fraction of sp³-hybridized carbons (Fsp3) is 1.00. The zero-order chi connectivity index (χ0) is 7.23. The number of hydrogen-bond acceptors (Lipinski definition) is 3. The third kappa shape index (κ3) is 2.23. The van der Waals surface area contributed by atoms with Crippen LogP contribution in [-0.2, 0) is 4.74 Å². The first-order valence-electron chi connectivity index (χ1n) is 3.26. The van der Waals surface area contributed by atoms with E-state index < -0.39 is 0 Å². The first-order valence-corrected chi connectivity index (χ1v) is 3.26. The maximum Gasteiger partial charge on any atom is 0.0756 e. The van der Waals surface area contributed by atoms with E-state index in [0.29, 0.717) is 13.2 Å². The fourth-order valence-electron chi connectivity index (χ4n) is 0.865. The van der Waals surface area contributed by atoms with Crippen LogP contribution in [0.1, 0.15) is 0 Å². The zero-order valence-electron chi connectivity index (χ0n) is 5.66.